The Hall–Kier alpha value is -2.34. The highest BCUT2D eigenvalue weighted by Crippen LogP contribution is 2.22. The number of hydrazone groups is 1. The van der Waals surface area contributed by atoms with Crippen molar-refractivity contribution in [2.24, 2.45) is 5.10 Å². The van der Waals surface area contributed by atoms with Crippen molar-refractivity contribution in [1.82, 2.24) is 5.43 Å². The Morgan fingerprint density at radius 2 is 2.05 bits per heavy atom. The van der Waals surface area contributed by atoms with Crippen LogP contribution in [0.2, 0.25) is 0 Å². The fourth-order valence-electron chi connectivity index (χ4n) is 1.66. The van der Waals surface area contributed by atoms with Crippen LogP contribution in [0.3, 0.4) is 0 Å². The van der Waals surface area contributed by atoms with Gasteiger partial charge in [-0.1, -0.05) is 0 Å². The van der Waals surface area contributed by atoms with Crippen molar-refractivity contribution >= 4 is 23.0 Å². The molecule has 0 spiro atoms. The molecule has 1 amide bonds. The number of amides is 1. The molecule has 20 heavy (non-hydrogen) atoms. The number of thiophene rings is 1. The zero-order chi connectivity index (χ0) is 14.7. The van der Waals surface area contributed by atoms with Crippen LogP contribution in [0.15, 0.2) is 34.7 Å². The lowest BCUT2D eigenvalue weighted by Crippen LogP contribution is -2.19. The SMILES string of the molecule is CC(=NNC(=O)c1sccc1C)c1cc(O)ccc1O. The number of nitrogens with one attached hydrogen (secondary N) is 1. The molecule has 0 aliphatic heterocycles. The summed E-state index contributed by atoms with van der Waals surface area (Å²) in [6.07, 6.45) is 0. The molecule has 1 heterocycles. The van der Waals surface area contributed by atoms with E-state index in [1.165, 1.54) is 29.5 Å². The van der Waals surface area contributed by atoms with Gasteiger partial charge in [0.25, 0.3) is 5.91 Å². The van der Waals surface area contributed by atoms with Gasteiger partial charge in [0.05, 0.1) is 10.6 Å². The first-order valence-corrected chi connectivity index (χ1v) is 6.78. The quantitative estimate of drug-likeness (QED) is 0.461. The molecular weight excluding hydrogens is 276 g/mol. The molecule has 0 saturated heterocycles. The number of hydrogen-bond acceptors (Lipinski definition) is 5. The molecule has 2 rings (SSSR count). The standard InChI is InChI=1S/C14H14N2O3S/c1-8-5-6-20-13(8)14(19)16-15-9(2)11-7-10(17)3-4-12(11)18/h3-7,17-18H,1-2H3,(H,16,19). The normalized spacial score (nSPS) is 11.4. The maximum Gasteiger partial charge on any atom is 0.281 e. The Morgan fingerprint density at radius 1 is 1.30 bits per heavy atom. The Bertz CT molecular complexity index is 677. The maximum absolute atomic E-state index is 11.9. The number of nitrogens with zero attached hydrogens (tertiary/aromatic N) is 1. The smallest absolute Gasteiger partial charge is 0.281 e. The highest BCUT2D eigenvalue weighted by molar-refractivity contribution is 7.12. The molecule has 5 nitrogen and oxygen atoms in total. The molecule has 1 aromatic carbocycles. The number of phenolic OH excluding ortho intramolecular Hbond substituents is 2. The minimum atomic E-state index is -0.295. The molecule has 104 valence electrons. The fourth-order valence-corrected chi connectivity index (χ4v) is 2.48. The number of hydrogen-bond donors (Lipinski definition) is 3. The minimum Gasteiger partial charge on any atom is -0.508 e. The van der Waals surface area contributed by atoms with Gasteiger partial charge in [-0.15, -0.1) is 11.3 Å². The van der Waals surface area contributed by atoms with Gasteiger partial charge < -0.3 is 10.2 Å². The predicted molar refractivity (Wildman–Crippen MR) is 78.5 cm³/mol. The zero-order valence-electron chi connectivity index (χ0n) is 11.0. The van der Waals surface area contributed by atoms with Crippen molar-refractivity contribution in [1.29, 1.82) is 0 Å². The third-order valence-corrected chi connectivity index (χ3v) is 3.78. The molecule has 1 aromatic heterocycles. The molecule has 0 radical (unpaired) electrons. The second-order valence-electron chi connectivity index (χ2n) is 4.27. The molecule has 0 saturated carbocycles. The Morgan fingerprint density at radius 3 is 2.70 bits per heavy atom. The summed E-state index contributed by atoms with van der Waals surface area (Å²) < 4.78 is 0. The van der Waals surface area contributed by atoms with Crippen LogP contribution >= 0.6 is 11.3 Å². The number of carbonyl (C=O) groups excluding carboxylic acids is 1. The second kappa shape index (κ2) is 5.75. The number of phenols is 2. The van der Waals surface area contributed by atoms with E-state index in [-0.39, 0.29) is 17.4 Å². The number of benzene rings is 1. The first kappa shape index (κ1) is 14.1. The zero-order valence-corrected chi connectivity index (χ0v) is 11.9. The van der Waals surface area contributed by atoms with E-state index in [9.17, 15) is 15.0 Å². The summed E-state index contributed by atoms with van der Waals surface area (Å²) in [7, 11) is 0. The van der Waals surface area contributed by atoms with Gasteiger partial charge in [-0.2, -0.15) is 5.10 Å². The molecule has 0 unspecified atom stereocenters. The third kappa shape index (κ3) is 2.97. The molecule has 0 aliphatic rings. The lowest BCUT2D eigenvalue weighted by atomic mass is 10.1. The Labute approximate surface area is 120 Å². The third-order valence-electron chi connectivity index (χ3n) is 2.76. The average Bonchev–Trinajstić information content (AvgIpc) is 2.84. The Balaban J connectivity index is 2.17. The monoisotopic (exact) mass is 290 g/mol. The highest BCUT2D eigenvalue weighted by Gasteiger charge is 2.11. The van der Waals surface area contributed by atoms with Crippen molar-refractivity contribution < 1.29 is 15.0 Å². The molecule has 0 bridgehead atoms. The van der Waals surface area contributed by atoms with Gasteiger partial charge in [0.15, 0.2) is 0 Å². The van der Waals surface area contributed by atoms with Crippen LogP contribution in [0.1, 0.15) is 27.7 Å². The molecule has 6 heteroatoms. The largest absolute Gasteiger partial charge is 0.508 e. The summed E-state index contributed by atoms with van der Waals surface area (Å²) in [6.45, 7) is 3.49. The van der Waals surface area contributed by atoms with E-state index in [0.717, 1.165) is 5.56 Å². The van der Waals surface area contributed by atoms with E-state index >= 15 is 0 Å². The summed E-state index contributed by atoms with van der Waals surface area (Å²) >= 11 is 1.34. The predicted octanol–water partition coefficient (Wildman–Crippen LogP) is 2.62. The van der Waals surface area contributed by atoms with Gasteiger partial charge >= 0.3 is 0 Å². The van der Waals surface area contributed by atoms with Gasteiger partial charge in [-0.05, 0) is 49.1 Å². The van der Waals surface area contributed by atoms with Crippen LogP contribution in [0.25, 0.3) is 0 Å². The van der Waals surface area contributed by atoms with Crippen molar-refractivity contribution in [2.75, 3.05) is 0 Å². The van der Waals surface area contributed by atoms with Crippen LogP contribution < -0.4 is 5.43 Å². The first-order valence-electron chi connectivity index (χ1n) is 5.90. The van der Waals surface area contributed by atoms with E-state index in [1.807, 2.05) is 18.4 Å². The second-order valence-corrected chi connectivity index (χ2v) is 5.19. The summed E-state index contributed by atoms with van der Waals surface area (Å²) in [6, 6.07) is 5.99. The summed E-state index contributed by atoms with van der Waals surface area (Å²) in [5.41, 5.74) is 4.10. The van der Waals surface area contributed by atoms with Crippen molar-refractivity contribution in [2.45, 2.75) is 13.8 Å². The van der Waals surface area contributed by atoms with E-state index in [1.54, 1.807) is 6.92 Å². The summed E-state index contributed by atoms with van der Waals surface area (Å²) in [5, 5.41) is 24.9. The lowest BCUT2D eigenvalue weighted by molar-refractivity contribution is 0.0958. The van der Waals surface area contributed by atoms with Crippen molar-refractivity contribution in [3.63, 3.8) is 0 Å². The first-order chi connectivity index (χ1) is 9.49. The Kier molecular flexibility index (Phi) is 4.05. The molecule has 0 fully saturated rings. The van der Waals surface area contributed by atoms with Gasteiger partial charge in [0.2, 0.25) is 0 Å². The minimum absolute atomic E-state index is 0.00870. The fraction of sp³-hybridized carbons (Fsp3) is 0.143. The lowest BCUT2D eigenvalue weighted by Gasteiger charge is -2.05. The molecule has 3 N–H and O–H groups in total. The van der Waals surface area contributed by atoms with E-state index in [0.29, 0.717) is 16.2 Å². The molecule has 2 aromatic rings. The number of aryl methyl sites for hydroxylation is 1. The molecular formula is C14H14N2O3S. The summed E-state index contributed by atoms with van der Waals surface area (Å²) in [4.78, 5) is 12.5. The van der Waals surface area contributed by atoms with Crippen LogP contribution in [-0.4, -0.2) is 21.8 Å². The molecule has 0 atom stereocenters. The van der Waals surface area contributed by atoms with Crippen LogP contribution in [-0.2, 0) is 0 Å². The van der Waals surface area contributed by atoms with E-state index < -0.39 is 0 Å². The van der Waals surface area contributed by atoms with Crippen molar-refractivity contribution in [3.05, 3.63) is 45.6 Å². The van der Waals surface area contributed by atoms with Gasteiger partial charge in [-0.3, -0.25) is 4.79 Å². The van der Waals surface area contributed by atoms with Crippen LogP contribution in [0, 0.1) is 6.92 Å². The summed E-state index contributed by atoms with van der Waals surface area (Å²) in [5.74, 6) is -0.283. The highest BCUT2D eigenvalue weighted by atomic mass is 32.1. The average molecular weight is 290 g/mol. The van der Waals surface area contributed by atoms with Gasteiger partial charge in [0, 0.05) is 5.56 Å². The van der Waals surface area contributed by atoms with Gasteiger partial charge in [0.1, 0.15) is 11.5 Å². The maximum atomic E-state index is 11.9. The number of aromatic hydroxyl groups is 2. The van der Waals surface area contributed by atoms with E-state index in [2.05, 4.69) is 10.5 Å². The topological polar surface area (TPSA) is 81.9 Å². The van der Waals surface area contributed by atoms with Crippen LogP contribution in [0.5, 0.6) is 11.5 Å². The van der Waals surface area contributed by atoms with Gasteiger partial charge in [-0.25, -0.2) is 5.43 Å². The molecule has 0 aliphatic carbocycles. The van der Waals surface area contributed by atoms with E-state index in [4.69, 9.17) is 0 Å². The van der Waals surface area contributed by atoms with Crippen LogP contribution in [0.4, 0.5) is 0 Å². The van der Waals surface area contributed by atoms with Crippen molar-refractivity contribution in [3.8, 4) is 11.5 Å². The number of carbonyl (C=O) groups is 1. The number of rotatable bonds is 3.